The zero-order valence-electron chi connectivity index (χ0n) is 14.8. The summed E-state index contributed by atoms with van der Waals surface area (Å²) in [6.07, 6.45) is 3.17. The highest BCUT2D eigenvalue weighted by Crippen LogP contribution is 2.28. The molecule has 1 aromatic heterocycles. The van der Waals surface area contributed by atoms with Gasteiger partial charge >= 0.3 is 5.97 Å². The number of carbonyl (C=O) groups is 1. The number of carboxylic acid groups (broad SMARTS) is 1. The quantitative estimate of drug-likeness (QED) is 0.885. The van der Waals surface area contributed by atoms with Crippen LogP contribution in [0.4, 0.5) is 0 Å². The topological polar surface area (TPSA) is 57.5 Å². The number of benzene rings is 1. The maximum atomic E-state index is 11.5. The minimum Gasteiger partial charge on any atom is -0.478 e. The third-order valence-corrected chi connectivity index (χ3v) is 4.96. The minimum atomic E-state index is -0.847. The zero-order chi connectivity index (χ0) is 17.3. The van der Waals surface area contributed by atoms with Crippen LogP contribution in [-0.4, -0.2) is 53.3 Å². The summed E-state index contributed by atoms with van der Waals surface area (Å²) in [5, 5.41) is 13.9. The maximum absolute atomic E-state index is 11.5. The number of fused-ring (bicyclic) bond motifs is 1. The highest BCUT2D eigenvalue weighted by molar-refractivity contribution is 5.96. The number of rotatable bonds is 5. The number of hydrogen-bond acceptors (Lipinski definition) is 3. The molecule has 24 heavy (non-hydrogen) atoms. The molecule has 0 spiro atoms. The van der Waals surface area contributed by atoms with Crippen LogP contribution in [0.25, 0.3) is 10.9 Å². The third-order valence-electron chi connectivity index (χ3n) is 4.96. The fraction of sp³-hybridized carbons (Fsp3) is 0.526. The third kappa shape index (κ3) is 3.32. The van der Waals surface area contributed by atoms with E-state index in [1.54, 1.807) is 0 Å². The number of aromatic nitrogens is 1. The summed E-state index contributed by atoms with van der Waals surface area (Å²) in [5.41, 5.74) is 3.62. The number of hydrogen-bond donors (Lipinski definition) is 2. The molecule has 0 bridgehead atoms. The van der Waals surface area contributed by atoms with Gasteiger partial charge in [-0.3, -0.25) is 0 Å². The second kappa shape index (κ2) is 6.95. The van der Waals surface area contributed by atoms with Crippen molar-refractivity contribution in [2.24, 2.45) is 0 Å². The van der Waals surface area contributed by atoms with Crippen molar-refractivity contribution in [3.05, 3.63) is 35.0 Å². The van der Waals surface area contributed by atoms with Crippen molar-refractivity contribution >= 4 is 16.9 Å². The lowest BCUT2D eigenvalue weighted by atomic mass is 10.0. The largest absolute Gasteiger partial charge is 0.478 e. The van der Waals surface area contributed by atoms with E-state index < -0.39 is 5.97 Å². The van der Waals surface area contributed by atoms with E-state index in [2.05, 4.69) is 34.8 Å². The Bertz CT molecular complexity index is 743. The molecule has 130 valence electrons. The van der Waals surface area contributed by atoms with E-state index in [0.29, 0.717) is 11.6 Å². The van der Waals surface area contributed by atoms with Gasteiger partial charge in [0.1, 0.15) is 0 Å². The number of nitrogens with zero attached hydrogens (tertiary/aromatic N) is 2. The summed E-state index contributed by atoms with van der Waals surface area (Å²) in [7, 11) is 0. The zero-order valence-corrected chi connectivity index (χ0v) is 14.8. The molecule has 0 saturated carbocycles. The van der Waals surface area contributed by atoms with E-state index in [1.807, 2.05) is 19.1 Å². The lowest BCUT2D eigenvalue weighted by molar-refractivity contribution is 0.0696. The lowest BCUT2D eigenvalue weighted by Crippen LogP contribution is -2.44. The van der Waals surface area contributed by atoms with E-state index in [9.17, 15) is 9.90 Å². The van der Waals surface area contributed by atoms with Gasteiger partial charge < -0.3 is 19.9 Å². The highest BCUT2D eigenvalue weighted by Gasteiger charge is 2.17. The van der Waals surface area contributed by atoms with E-state index in [0.717, 1.165) is 55.6 Å². The molecular weight excluding hydrogens is 302 g/mol. The highest BCUT2D eigenvalue weighted by atomic mass is 16.4. The summed E-state index contributed by atoms with van der Waals surface area (Å²) in [5.74, 6) is -0.847. The number of aryl methyl sites for hydroxylation is 1. The number of carboxylic acids is 1. The normalized spacial score (nSPS) is 16.2. The van der Waals surface area contributed by atoms with Crippen molar-refractivity contribution < 1.29 is 9.90 Å². The van der Waals surface area contributed by atoms with Gasteiger partial charge in [-0.1, -0.05) is 0 Å². The van der Waals surface area contributed by atoms with Crippen LogP contribution in [0.15, 0.2) is 18.3 Å². The number of aromatic carboxylic acids is 1. The number of piperazine rings is 1. The van der Waals surface area contributed by atoms with Gasteiger partial charge in [0.15, 0.2) is 0 Å². The van der Waals surface area contributed by atoms with Crippen LogP contribution < -0.4 is 5.32 Å². The van der Waals surface area contributed by atoms with Crippen LogP contribution in [0.1, 0.15) is 41.4 Å². The Morgan fingerprint density at radius 1 is 1.29 bits per heavy atom. The van der Waals surface area contributed by atoms with Crippen LogP contribution >= 0.6 is 0 Å². The van der Waals surface area contributed by atoms with Crippen molar-refractivity contribution in [3.8, 4) is 0 Å². The SMILES string of the molecule is Cc1cc2c(cc1C(=O)O)c(CCN1CCNCC1)cn2C(C)C. The monoisotopic (exact) mass is 329 g/mol. The molecule has 1 fully saturated rings. The van der Waals surface area contributed by atoms with E-state index >= 15 is 0 Å². The molecular formula is C19H27N3O2. The summed E-state index contributed by atoms with van der Waals surface area (Å²) in [4.78, 5) is 14.0. The Hall–Kier alpha value is -1.85. The van der Waals surface area contributed by atoms with Crippen LogP contribution in [0.3, 0.4) is 0 Å². The van der Waals surface area contributed by atoms with Crippen molar-refractivity contribution in [3.63, 3.8) is 0 Å². The van der Waals surface area contributed by atoms with E-state index in [-0.39, 0.29) is 0 Å². The summed E-state index contributed by atoms with van der Waals surface area (Å²) in [6.45, 7) is 11.5. The Morgan fingerprint density at radius 2 is 2.00 bits per heavy atom. The van der Waals surface area contributed by atoms with Gasteiger partial charge in [0.2, 0.25) is 0 Å². The first-order valence-electron chi connectivity index (χ1n) is 8.78. The van der Waals surface area contributed by atoms with Crippen molar-refractivity contribution in [1.29, 1.82) is 0 Å². The molecule has 2 N–H and O–H groups in total. The van der Waals surface area contributed by atoms with Crippen LogP contribution in [-0.2, 0) is 6.42 Å². The molecule has 5 nitrogen and oxygen atoms in total. The molecule has 0 radical (unpaired) electrons. The molecule has 0 unspecified atom stereocenters. The molecule has 0 atom stereocenters. The van der Waals surface area contributed by atoms with Gasteiger partial charge in [0.25, 0.3) is 0 Å². The molecule has 1 aliphatic heterocycles. The molecule has 5 heteroatoms. The predicted octanol–water partition coefficient (Wildman–Crippen LogP) is 2.68. The second-order valence-electron chi connectivity index (χ2n) is 6.99. The predicted molar refractivity (Wildman–Crippen MR) is 97.0 cm³/mol. The first-order chi connectivity index (χ1) is 11.5. The molecule has 0 aliphatic carbocycles. The lowest BCUT2D eigenvalue weighted by Gasteiger charge is -2.26. The van der Waals surface area contributed by atoms with Gasteiger partial charge in [-0.2, -0.15) is 0 Å². The molecule has 1 aromatic carbocycles. The van der Waals surface area contributed by atoms with E-state index in [1.165, 1.54) is 5.56 Å². The van der Waals surface area contributed by atoms with Crippen molar-refractivity contribution in [1.82, 2.24) is 14.8 Å². The minimum absolute atomic E-state index is 0.357. The Morgan fingerprint density at radius 3 is 2.62 bits per heavy atom. The molecule has 0 amide bonds. The molecule has 3 rings (SSSR count). The van der Waals surface area contributed by atoms with Gasteiger partial charge in [-0.25, -0.2) is 4.79 Å². The number of nitrogens with one attached hydrogen (secondary N) is 1. The van der Waals surface area contributed by atoms with Gasteiger partial charge in [-0.05, 0) is 50.5 Å². The smallest absolute Gasteiger partial charge is 0.335 e. The Labute approximate surface area is 143 Å². The fourth-order valence-electron chi connectivity index (χ4n) is 3.54. The average molecular weight is 329 g/mol. The second-order valence-corrected chi connectivity index (χ2v) is 6.99. The first kappa shape index (κ1) is 17.0. The standard InChI is InChI=1S/C19H27N3O2/c1-13(2)22-12-15(4-7-21-8-5-20-6-9-21)17-11-16(19(23)24)14(3)10-18(17)22/h10-13,20H,4-9H2,1-3H3,(H,23,24). The molecule has 1 aliphatic rings. The molecule has 1 saturated heterocycles. The van der Waals surface area contributed by atoms with Gasteiger partial charge in [0.05, 0.1) is 5.56 Å². The summed E-state index contributed by atoms with van der Waals surface area (Å²) in [6, 6.07) is 4.24. The maximum Gasteiger partial charge on any atom is 0.335 e. The van der Waals surface area contributed by atoms with Crippen LogP contribution in [0, 0.1) is 6.92 Å². The Balaban J connectivity index is 1.96. The molecule has 2 aromatic rings. The van der Waals surface area contributed by atoms with Crippen LogP contribution in [0.5, 0.6) is 0 Å². The van der Waals surface area contributed by atoms with Crippen molar-refractivity contribution in [2.75, 3.05) is 32.7 Å². The summed E-state index contributed by atoms with van der Waals surface area (Å²) < 4.78 is 2.26. The molecule has 2 heterocycles. The van der Waals surface area contributed by atoms with Gasteiger partial charge in [-0.15, -0.1) is 0 Å². The Kier molecular flexibility index (Phi) is 4.92. The van der Waals surface area contributed by atoms with Gasteiger partial charge in [0, 0.05) is 55.9 Å². The fourth-order valence-corrected chi connectivity index (χ4v) is 3.54. The van der Waals surface area contributed by atoms with E-state index in [4.69, 9.17) is 0 Å². The summed E-state index contributed by atoms with van der Waals surface area (Å²) >= 11 is 0. The first-order valence-corrected chi connectivity index (χ1v) is 8.78. The van der Waals surface area contributed by atoms with Crippen LogP contribution in [0.2, 0.25) is 0 Å². The van der Waals surface area contributed by atoms with Crippen molar-refractivity contribution in [2.45, 2.75) is 33.2 Å². The average Bonchev–Trinajstić information content (AvgIpc) is 2.90.